The molecule has 3 aliphatic rings. The summed E-state index contributed by atoms with van der Waals surface area (Å²) in [4.78, 5) is 0. The van der Waals surface area contributed by atoms with Gasteiger partial charge in [-0.25, -0.2) is 0 Å². The fourth-order valence-electron chi connectivity index (χ4n) is 7.84. The normalized spacial score (nSPS) is 32.4. The molecule has 4 nitrogen and oxygen atoms in total. The Morgan fingerprint density at radius 2 is 1.60 bits per heavy atom. The van der Waals surface area contributed by atoms with Crippen LogP contribution in [-0.2, 0) is 0 Å². The van der Waals surface area contributed by atoms with Crippen molar-refractivity contribution in [1.29, 1.82) is 0 Å². The van der Waals surface area contributed by atoms with Gasteiger partial charge in [0.15, 0.2) is 0 Å². The van der Waals surface area contributed by atoms with Gasteiger partial charge in [0.25, 0.3) is 0 Å². The molecule has 6 atom stereocenters. The molecule has 0 amide bonds. The Labute approximate surface area is 251 Å². The van der Waals surface area contributed by atoms with Crippen molar-refractivity contribution in [3.05, 3.63) is 35.5 Å². The first-order valence-corrected chi connectivity index (χ1v) is 15.1. The highest BCUT2D eigenvalue weighted by molar-refractivity contribution is 5.39. The summed E-state index contributed by atoms with van der Waals surface area (Å²) in [7, 11) is 0. The summed E-state index contributed by atoms with van der Waals surface area (Å²) < 4.78 is 79.9. The molecule has 0 aliphatic heterocycles. The number of aliphatic hydroxyl groups is 4. The van der Waals surface area contributed by atoms with E-state index in [1.807, 2.05) is 19.1 Å². The van der Waals surface area contributed by atoms with Gasteiger partial charge in [-0.05, 0) is 105 Å². The van der Waals surface area contributed by atoms with Gasteiger partial charge in [0.05, 0.1) is 17.8 Å². The summed E-state index contributed by atoms with van der Waals surface area (Å²) in [5.41, 5.74) is -4.60. The molecule has 3 fully saturated rings. The number of rotatable bonds is 7. The molecule has 2 unspecified atom stereocenters. The lowest BCUT2D eigenvalue weighted by Crippen LogP contribution is -2.55. The van der Waals surface area contributed by atoms with Gasteiger partial charge < -0.3 is 20.4 Å². The Morgan fingerprint density at radius 3 is 2.19 bits per heavy atom. The van der Waals surface area contributed by atoms with Crippen LogP contribution in [0.25, 0.3) is 0 Å². The molecule has 0 saturated heterocycles. The molecule has 10 heteroatoms. The van der Waals surface area contributed by atoms with Gasteiger partial charge in [-0.3, -0.25) is 0 Å². The molecule has 3 rings (SSSR count). The van der Waals surface area contributed by atoms with Gasteiger partial charge in [-0.15, -0.1) is 0 Å². The highest BCUT2D eigenvalue weighted by Gasteiger charge is 2.70. The lowest BCUT2D eigenvalue weighted by atomic mass is 9.55. The standard InChI is InChI=1S/C33H46F6O4/c1-21-23(19-24(40)20-26(21)41)11-10-22-9-6-17-30(5)25(22)12-13-27(30)29(4,15-7-14-28(2,3)42)16-8-18-31(43,32(34,35)36)33(37,38)39/h10-11,24-27,40-43H,1,6-7,9,12-17,19-20H2,2-5H3/t24-,25?,26?,27-,29+,30+/m1/s1. The molecule has 0 aromatic rings. The van der Waals surface area contributed by atoms with Crippen LogP contribution in [-0.4, -0.2) is 56.2 Å². The summed E-state index contributed by atoms with van der Waals surface area (Å²) in [6.07, 6.45) is -3.77. The predicted octanol–water partition coefficient (Wildman–Crippen LogP) is 7.32. The smallest absolute Gasteiger partial charge is 0.393 e. The Hall–Kier alpha value is -1.80. The van der Waals surface area contributed by atoms with Crippen molar-refractivity contribution in [3.8, 4) is 11.8 Å². The van der Waals surface area contributed by atoms with Crippen molar-refractivity contribution in [2.75, 3.05) is 0 Å². The van der Waals surface area contributed by atoms with E-state index >= 15 is 0 Å². The van der Waals surface area contributed by atoms with E-state index in [9.17, 15) is 46.8 Å². The number of aliphatic hydroxyl groups excluding tert-OH is 2. The van der Waals surface area contributed by atoms with Crippen LogP contribution < -0.4 is 0 Å². The number of fused-ring (bicyclic) bond motifs is 1. The lowest BCUT2D eigenvalue weighted by molar-refractivity contribution is -0.343. The van der Waals surface area contributed by atoms with Gasteiger partial charge in [0.1, 0.15) is 0 Å². The molecular formula is C33H46F6O4. The van der Waals surface area contributed by atoms with E-state index in [-0.39, 0.29) is 30.1 Å². The van der Waals surface area contributed by atoms with Crippen LogP contribution in [0.4, 0.5) is 26.3 Å². The van der Waals surface area contributed by atoms with Gasteiger partial charge in [-0.1, -0.05) is 50.5 Å². The minimum absolute atomic E-state index is 0.0735. The summed E-state index contributed by atoms with van der Waals surface area (Å²) in [5.74, 6) is 3.35. The average molecular weight is 621 g/mol. The van der Waals surface area contributed by atoms with Crippen LogP contribution in [0.3, 0.4) is 0 Å². The van der Waals surface area contributed by atoms with Gasteiger partial charge in [0.2, 0.25) is 0 Å². The average Bonchev–Trinajstić information content (AvgIpc) is 3.21. The largest absolute Gasteiger partial charge is 0.438 e. The molecule has 0 bridgehead atoms. The quantitative estimate of drug-likeness (QED) is 0.178. The van der Waals surface area contributed by atoms with Crippen LogP contribution in [0.15, 0.2) is 35.5 Å². The molecule has 43 heavy (non-hydrogen) atoms. The van der Waals surface area contributed by atoms with E-state index in [0.29, 0.717) is 37.7 Å². The third kappa shape index (κ3) is 7.71. The first kappa shape index (κ1) is 35.7. The first-order valence-electron chi connectivity index (χ1n) is 15.1. The summed E-state index contributed by atoms with van der Waals surface area (Å²) in [5, 5.41) is 40.2. The molecule has 244 valence electrons. The van der Waals surface area contributed by atoms with Crippen LogP contribution in [0.2, 0.25) is 0 Å². The monoisotopic (exact) mass is 620 g/mol. The Kier molecular flexibility index (Phi) is 10.4. The highest BCUT2D eigenvalue weighted by atomic mass is 19.4. The summed E-state index contributed by atoms with van der Waals surface area (Å²) in [6.45, 7) is 11.3. The summed E-state index contributed by atoms with van der Waals surface area (Å²) >= 11 is 0. The zero-order valence-corrected chi connectivity index (χ0v) is 25.5. The van der Waals surface area contributed by atoms with Crippen LogP contribution in [0.1, 0.15) is 98.3 Å². The second-order valence-electron chi connectivity index (χ2n) is 14.1. The maximum absolute atomic E-state index is 13.3. The predicted molar refractivity (Wildman–Crippen MR) is 152 cm³/mol. The van der Waals surface area contributed by atoms with Gasteiger partial charge in [-0.2, -0.15) is 26.3 Å². The van der Waals surface area contributed by atoms with Gasteiger partial charge in [0, 0.05) is 12.8 Å². The SMILES string of the molecule is C=C1C(=CC=C2CCC[C@@]3(C)C2CC[C@@H]3[C@](C)(CC#CC(O)(C(F)(F)F)C(F)(F)F)CCCC(C)(C)O)C[C@@H](O)CC1O. The van der Waals surface area contributed by atoms with Crippen molar-refractivity contribution in [2.24, 2.45) is 22.7 Å². The van der Waals surface area contributed by atoms with E-state index in [1.165, 1.54) is 5.57 Å². The van der Waals surface area contributed by atoms with Crippen LogP contribution in [0.5, 0.6) is 0 Å². The first-order chi connectivity index (χ1) is 19.5. The molecule has 4 N–H and O–H groups in total. The Bertz CT molecular complexity index is 1140. The molecule has 0 spiro atoms. The maximum atomic E-state index is 13.3. The van der Waals surface area contributed by atoms with Crippen molar-refractivity contribution >= 4 is 0 Å². The van der Waals surface area contributed by atoms with Crippen LogP contribution >= 0.6 is 0 Å². The second-order valence-corrected chi connectivity index (χ2v) is 14.1. The molecule has 0 aromatic heterocycles. The highest BCUT2D eigenvalue weighted by Crippen LogP contribution is 2.63. The Morgan fingerprint density at radius 1 is 0.977 bits per heavy atom. The van der Waals surface area contributed by atoms with E-state index in [1.54, 1.807) is 13.8 Å². The lowest BCUT2D eigenvalue weighted by Gasteiger charge is -2.49. The number of halogens is 6. The van der Waals surface area contributed by atoms with Gasteiger partial charge >= 0.3 is 18.0 Å². The molecular weight excluding hydrogens is 574 g/mol. The number of allylic oxidation sites excluding steroid dienone is 3. The summed E-state index contributed by atoms with van der Waals surface area (Å²) in [6, 6.07) is 0. The third-order valence-corrected chi connectivity index (χ3v) is 10.2. The zero-order valence-electron chi connectivity index (χ0n) is 25.5. The minimum Gasteiger partial charge on any atom is -0.393 e. The van der Waals surface area contributed by atoms with E-state index < -0.39 is 41.2 Å². The van der Waals surface area contributed by atoms with Crippen molar-refractivity contribution in [2.45, 2.75) is 134 Å². The second kappa shape index (κ2) is 12.5. The van der Waals surface area contributed by atoms with E-state index in [0.717, 1.165) is 37.2 Å². The number of alkyl halides is 6. The maximum Gasteiger partial charge on any atom is 0.438 e. The Balaban J connectivity index is 1.95. The number of hydrogen-bond donors (Lipinski definition) is 4. The van der Waals surface area contributed by atoms with Crippen molar-refractivity contribution < 1.29 is 46.8 Å². The van der Waals surface area contributed by atoms with Crippen molar-refractivity contribution in [1.82, 2.24) is 0 Å². The minimum atomic E-state index is -6.01. The molecule has 0 aromatic carbocycles. The number of hydrogen-bond acceptors (Lipinski definition) is 4. The van der Waals surface area contributed by atoms with E-state index in [2.05, 4.69) is 19.4 Å². The molecule has 3 saturated carbocycles. The molecule has 0 heterocycles. The molecule has 0 radical (unpaired) electrons. The van der Waals surface area contributed by atoms with Crippen LogP contribution in [0, 0.1) is 34.5 Å². The topological polar surface area (TPSA) is 80.9 Å². The molecule has 3 aliphatic carbocycles. The fraction of sp³-hybridized carbons (Fsp3) is 0.758. The fourth-order valence-corrected chi connectivity index (χ4v) is 7.84. The third-order valence-electron chi connectivity index (χ3n) is 10.2. The van der Waals surface area contributed by atoms with Crippen molar-refractivity contribution in [3.63, 3.8) is 0 Å². The van der Waals surface area contributed by atoms with E-state index in [4.69, 9.17) is 0 Å². The zero-order chi connectivity index (χ0) is 32.6.